The number of carboxylic acid groups (broad SMARTS) is 1. The number of furan rings is 1. The number of thioether (sulfide) groups is 1. The molecular weight excluding hydrogens is 386 g/mol. The highest BCUT2D eigenvalue weighted by Gasteiger charge is 2.17. The van der Waals surface area contributed by atoms with Crippen LogP contribution in [0.3, 0.4) is 0 Å². The maximum Gasteiger partial charge on any atom is 0.342 e. The summed E-state index contributed by atoms with van der Waals surface area (Å²) < 4.78 is 11.0. The minimum Gasteiger partial charge on any atom is -0.477 e. The van der Waals surface area contributed by atoms with Crippen LogP contribution < -0.4 is 0 Å². The lowest BCUT2D eigenvalue weighted by atomic mass is 10.1. The van der Waals surface area contributed by atoms with Crippen LogP contribution in [-0.2, 0) is 11.2 Å². The van der Waals surface area contributed by atoms with Gasteiger partial charge < -0.3 is 13.9 Å². The van der Waals surface area contributed by atoms with E-state index in [2.05, 4.69) is 10.2 Å². The third-order valence-electron chi connectivity index (χ3n) is 3.75. The van der Waals surface area contributed by atoms with Gasteiger partial charge in [-0.15, -0.1) is 10.2 Å². The molecule has 0 spiro atoms. The van der Waals surface area contributed by atoms with Gasteiger partial charge in [0.1, 0.15) is 16.4 Å². The normalized spacial score (nSPS) is 11.6. The van der Waals surface area contributed by atoms with Gasteiger partial charge in [-0.25, -0.2) is 4.79 Å². The zero-order chi connectivity index (χ0) is 20.3. The van der Waals surface area contributed by atoms with Crippen LogP contribution in [0.5, 0.6) is 0 Å². The summed E-state index contributed by atoms with van der Waals surface area (Å²) in [5, 5.41) is 28.2. The number of aromatic nitrogens is 2. The Bertz CT molecular complexity index is 1070. The van der Waals surface area contributed by atoms with Crippen LogP contribution in [0.2, 0.25) is 0 Å². The van der Waals surface area contributed by atoms with E-state index in [1.165, 1.54) is 12.1 Å². The van der Waals surface area contributed by atoms with Crippen molar-refractivity contribution in [3.05, 3.63) is 62.6 Å². The Balaban J connectivity index is 1.88. The number of nitrogens with zero attached hydrogens (tertiary/aromatic N) is 3. The van der Waals surface area contributed by atoms with Crippen molar-refractivity contribution in [2.24, 2.45) is 0 Å². The van der Waals surface area contributed by atoms with Crippen molar-refractivity contribution >= 4 is 29.5 Å². The fourth-order valence-electron chi connectivity index (χ4n) is 2.33. The van der Waals surface area contributed by atoms with Gasteiger partial charge in [0.2, 0.25) is 5.89 Å². The van der Waals surface area contributed by atoms with E-state index in [-0.39, 0.29) is 21.6 Å². The number of aryl methyl sites for hydroxylation is 2. The van der Waals surface area contributed by atoms with Crippen molar-refractivity contribution in [2.75, 3.05) is 0 Å². The first kappa shape index (κ1) is 19.4. The Kier molecular flexibility index (Phi) is 5.59. The van der Waals surface area contributed by atoms with E-state index >= 15 is 0 Å². The Morgan fingerprint density at radius 2 is 2.07 bits per heavy atom. The zero-order valence-electron chi connectivity index (χ0n) is 14.9. The van der Waals surface area contributed by atoms with E-state index in [1.807, 2.05) is 6.92 Å². The van der Waals surface area contributed by atoms with Crippen LogP contribution in [-0.4, -0.2) is 26.2 Å². The molecule has 0 saturated carbocycles. The number of carboxylic acids is 1. The number of hydrogen-bond donors (Lipinski definition) is 1. The molecule has 28 heavy (non-hydrogen) atoms. The quantitative estimate of drug-likeness (QED) is 0.266. The molecule has 0 saturated heterocycles. The monoisotopic (exact) mass is 401 g/mol. The third kappa shape index (κ3) is 4.29. The molecule has 0 bridgehead atoms. The van der Waals surface area contributed by atoms with E-state index in [0.717, 1.165) is 11.8 Å². The van der Waals surface area contributed by atoms with Crippen LogP contribution in [0.1, 0.15) is 24.1 Å². The molecule has 1 aromatic carbocycles. The fraction of sp³-hybridized carbons (Fsp3) is 0.167. The highest BCUT2D eigenvalue weighted by Crippen LogP contribution is 2.31. The largest absolute Gasteiger partial charge is 0.477 e. The smallest absolute Gasteiger partial charge is 0.342 e. The lowest BCUT2D eigenvalue weighted by Crippen LogP contribution is -1.96. The Morgan fingerprint density at radius 3 is 2.71 bits per heavy atom. The topological polar surface area (TPSA) is 132 Å². The molecule has 0 aliphatic rings. The molecule has 9 nitrogen and oxygen atoms in total. The Morgan fingerprint density at radius 1 is 1.29 bits per heavy atom. The van der Waals surface area contributed by atoms with Crippen molar-refractivity contribution in [2.45, 2.75) is 25.5 Å². The zero-order valence-corrected chi connectivity index (χ0v) is 15.7. The minimum absolute atomic E-state index is 0.0177. The first-order chi connectivity index (χ1) is 13.4. The molecule has 144 valence electrons. The van der Waals surface area contributed by atoms with E-state index in [1.54, 1.807) is 31.2 Å². The van der Waals surface area contributed by atoms with Gasteiger partial charge in [0.05, 0.1) is 4.92 Å². The average Bonchev–Trinajstić information content (AvgIpc) is 3.30. The first-order valence-electron chi connectivity index (χ1n) is 8.18. The van der Waals surface area contributed by atoms with E-state index in [4.69, 9.17) is 8.83 Å². The maximum absolute atomic E-state index is 11.5. The molecule has 2 aromatic heterocycles. The minimum atomic E-state index is -1.18. The molecule has 2 heterocycles. The van der Waals surface area contributed by atoms with Gasteiger partial charge in [0.25, 0.3) is 10.9 Å². The first-order valence-corrected chi connectivity index (χ1v) is 8.99. The summed E-state index contributed by atoms with van der Waals surface area (Å²) >= 11 is 0.813. The van der Waals surface area contributed by atoms with Crippen LogP contribution in [0.15, 0.2) is 49.3 Å². The molecule has 0 amide bonds. The van der Waals surface area contributed by atoms with Gasteiger partial charge >= 0.3 is 5.97 Å². The molecule has 3 rings (SSSR count). The second-order valence-electron chi connectivity index (χ2n) is 5.69. The van der Waals surface area contributed by atoms with Gasteiger partial charge in [0.15, 0.2) is 0 Å². The summed E-state index contributed by atoms with van der Waals surface area (Å²) in [6.07, 6.45) is 1.87. The summed E-state index contributed by atoms with van der Waals surface area (Å²) in [5.41, 5.74) is 1.04. The van der Waals surface area contributed by atoms with Crippen LogP contribution in [0.25, 0.3) is 17.4 Å². The molecule has 10 heteroatoms. The number of aliphatic carboxylic acids is 1. The van der Waals surface area contributed by atoms with Crippen LogP contribution in [0, 0.1) is 17.0 Å². The third-order valence-corrected chi connectivity index (χ3v) is 4.60. The number of benzene rings is 1. The predicted octanol–water partition coefficient (Wildman–Crippen LogP) is 4.33. The molecule has 0 radical (unpaired) electrons. The molecular formula is C18H15N3O6S. The van der Waals surface area contributed by atoms with Gasteiger partial charge in [0, 0.05) is 29.7 Å². The van der Waals surface area contributed by atoms with Crippen molar-refractivity contribution in [1.29, 1.82) is 0 Å². The van der Waals surface area contributed by atoms with E-state index in [0.29, 0.717) is 29.2 Å². The molecule has 3 aromatic rings. The van der Waals surface area contributed by atoms with Gasteiger partial charge in [-0.3, -0.25) is 10.1 Å². The number of nitro benzene ring substituents is 1. The molecule has 0 fully saturated rings. The number of hydrogen-bond acceptors (Lipinski definition) is 8. The van der Waals surface area contributed by atoms with Crippen molar-refractivity contribution in [3.63, 3.8) is 0 Å². The average molecular weight is 401 g/mol. The Hall–Kier alpha value is -3.40. The number of rotatable bonds is 7. The summed E-state index contributed by atoms with van der Waals surface area (Å²) in [4.78, 5) is 22.1. The predicted molar refractivity (Wildman–Crippen MR) is 101 cm³/mol. The molecule has 0 unspecified atom stereocenters. The second-order valence-corrected chi connectivity index (χ2v) is 6.68. The summed E-state index contributed by atoms with van der Waals surface area (Å²) in [6.45, 7) is 3.49. The highest BCUT2D eigenvalue weighted by atomic mass is 32.2. The van der Waals surface area contributed by atoms with Crippen molar-refractivity contribution in [3.8, 4) is 11.3 Å². The maximum atomic E-state index is 11.5. The van der Waals surface area contributed by atoms with E-state index < -0.39 is 10.9 Å². The molecule has 0 atom stereocenters. The van der Waals surface area contributed by atoms with Crippen molar-refractivity contribution in [1.82, 2.24) is 10.2 Å². The number of carbonyl (C=O) groups is 1. The highest BCUT2D eigenvalue weighted by molar-refractivity contribution is 8.03. The Labute approximate surface area is 163 Å². The van der Waals surface area contributed by atoms with Crippen LogP contribution >= 0.6 is 11.8 Å². The standard InChI is InChI=1S/C18H15N3O6S/c1-3-16-19-20-18(27-16)28-15(17(22)23)9-12-6-7-14(26-12)11-5-4-10(2)13(8-11)21(24)25/h4-9H,3H2,1-2H3,(H,22,23)/b15-9-. The second kappa shape index (κ2) is 8.09. The molecule has 0 aliphatic carbocycles. The lowest BCUT2D eigenvalue weighted by Gasteiger charge is -2.00. The van der Waals surface area contributed by atoms with Crippen molar-refractivity contribution < 1.29 is 23.7 Å². The van der Waals surface area contributed by atoms with Gasteiger partial charge in [-0.1, -0.05) is 19.1 Å². The van der Waals surface area contributed by atoms with Crippen LogP contribution in [0.4, 0.5) is 5.69 Å². The van der Waals surface area contributed by atoms with Gasteiger partial charge in [-0.05, 0) is 30.8 Å². The molecule has 0 aliphatic heterocycles. The van der Waals surface area contributed by atoms with E-state index in [9.17, 15) is 20.0 Å². The lowest BCUT2D eigenvalue weighted by molar-refractivity contribution is -0.385. The summed E-state index contributed by atoms with van der Waals surface area (Å²) in [7, 11) is 0. The summed E-state index contributed by atoms with van der Waals surface area (Å²) in [6, 6.07) is 7.94. The molecule has 1 N–H and O–H groups in total. The summed E-state index contributed by atoms with van der Waals surface area (Å²) in [5.74, 6) is -0.104. The van der Waals surface area contributed by atoms with Gasteiger partial charge in [-0.2, -0.15) is 0 Å². The SMILES string of the molecule is CCc1nnc(S/C(=C\c2ccc(-c3ccc(C)c([N+](=O)[O-])c3)o2)C(=O)O)o1. The fourth-order valence-corrected chi connectivity index (χ4v) is 3.00. The number of nitro groups is 1.